The van der Waals surface area contributed by atoms with Crippen LogP contribution in [0.3, 0.4) is 0 Å². The van der Waals surface area contributed by atoms with Gasteiger partial charge in [0.05, 0.1) is 12.0 Å². The van der Waals surface area contributed by atoms with Crippen LogP contribution >= 0.6 is 0 Å². The minimum atomic E-state index is -4.15. The monoisotopic (exact) mass is 262 g/mol. The Morgan fingerprint density at radius 2 is 1.83 bits per heavy atom. The SMILES string of the molecule is CC(C#N)N(C)C(=O)C1CCC(C(F)(F)F)CC1. The zero-order chi connectivity index (χ0) is 13.9. The molecule has 0 aromatic carbocycles. The minimum absolute atomic E-state index is 0.00861. The van der Waals surface area contributed by atoms with E-state index in [0.717, 1.165) is 0 Å². The molecule has 1 amide bonds. The molecule has 1 rings (SSSR count). The highest BCUT2D eigenvalue weighted by Crippen LogP contribution is 2.39. The highest BCUT2D eigenvalue weighted by molar-refractivity contribution is 5.79. The number of hydrogen-bond acceptors (Lipinski definition) is 2. The van der Waals surface area contributed by atoms with Crippen molar-refractivity contribution >= 4 is 5.91 Å². The summed E-state index contributed by atoms with van der Waals surface area (Å²) in [5.41, 5.74) is 0. The van der Waals surface area contributed by atoms with Crippen molar-refractivity contribution in [1.29, 1.82) is 5.26 Å². The van der Waals surface area contributed by atoms with E-state index >= 15 is 0 Å². The summed E-state index contributed by atoms with van der Waals surface area (Å²) in [6.07, 6.45) is -3.62. The summed E-state index contributed by atoms with van der Waals surface area (Å²) < 4.78 is 37.4. The first-order valence-electron chi connectivity index (χ1n) is 6.00. The maximum absolute atomic E-state index is 12.5. The summed E-state index contributed by atoms with van der Waals surface area (Å²) in [5, 5.41) is 8.71. The lowest BCUT2D eigenvalue weighted by Crippen LogP contribution is -2.40. The van der Waals surface area contributed by atoms with Gasteiger partial charge < -0.3 is 4.90 Å². The number of carbonyl (C=O) groups is 1. The van der Waals surface area contributed by atoms with Crippen LogP contribution in [0.5, 0.6) is 0 Å². The molecule has 1 unspecified atom stereocenters. The van der Waals surface area contributed by atoms with Crippen molar-refractivity contribution in [1.82, 2.24) is 4.90 Å². The number of hydrogen-bond donors (Lipinski definition) is 0. The van der Waals surface area contributed by atoms with Crippen molar-refractivity contribution in [2.24, 2.45) is 11.8 Å². The van der Waals surface area contributed by atoms with Crippen molar-refractivity contribution in [2.75, 3.05) is 7.05 Å². The second kappa shape index (κ2) is 5.59. The molecule has 0 N–H and O–H groups in total. The largest absolute Gasteiger partial charge is 0.391 e. The number of halogens is 3. The predicted octanol–water partition coefficient (Wildman–Crippen LogP) is 2.73. The summed E-state index contributed by atoms with van der Waals surface area (Å²) in [4.78, 5) is 13.3. The van der Waals surface area contributed by atoms with E-state index in [1.54, 1.807) is 6.92 Å². The van der Waals surface area contributed by atoms with E-state index < -0.39 is 18.1 Å². The molecule has 6 heteroatoms. The Morgan fingerprint density at radius 1 is 1.33 bits per heavy atom. The molecule has 0 bridgehead atoms. The fourth-order valence-electron chi connectivity index (χ4n) is 2.23. The van der Waals surface area contributed by atoms with E-state index in [1.165, 1.54) is 11.9 Å². The second-order valence-corrected chi connectivity index (χ2v) is 4.84. The van der Waals surface area contributed by atoms with Gasteiger partial charge in [-0.25, -0.2) is 0 Å². The molecule has 0 spiro atoms. The Kier molecular flexibility index (Phi) is 4.60. The van der Waals surface area contributed by atoms with Crippen LogP contribution < -0.4 is 0 Å². The summed E-state index contributed by atoms with van der Waals surface area (Å²) >= 11 is 0. The lowest BCUT2D eigenvalue weighted by Gasteiger charge is -2.32. The van der Waals surface area contributed by atoms with E-state index in [4.69, 9.17) is 5.26 Å². The van der Waals surface area contributed by atoms with Crippen LogP contribution in [0.15, 0.2) is 0 Å². The molecular weight excluding hydrogens is 245 g/mol. The smallest absolute Gasteiger partial charge is 0.330 e. The predicted molar refractivity (Wildman–Crippen MR) is 59.3 cm³/mol. The van der Waals surface area contributed by atoms with Gasteiger partial charge in [0.15, 0.2) is 0 Å². The first-order chi connectivity index (χ1) is 8.27. The van der Waals surface area contributed by atoms with E-state index in [-0.39, 0.29) is 37.5 Å². The summed E-state index contributed by atoms with van der Waals surface area (Å²) in [6.45, 7) is 1.60. The number of amides is 1. The zero-order valence-corrected chi connectivity index (χ0v) is 10.5. The van der Waals surface area contributed by atoms with Crippen molar-refractivity contribution in [3.63, 3.8) is 0 Å². The average Bonchev–Trinajstić information content (AvgIpc) is 2.35. The Morgan fingerprint density at radius 3 is 2.22 bits per heavy atom. The molecule has 3 nitrogen and oxygen atoms in total. The quantitative estimate of drug-likeness (QED) is 0.768. The van der Waals surface area contributed by atoms with Crippen molar-refractivity contribution < 1.29 is 18.0 Å². The molecular formula is C12H17F3N2O. The van der Waals surface area contributed by atoms with Gasteiger partial charge in [-0.3, -0.25) is 4.79 Å². The van der Waals surface area contributed by atoms with Crippen LogP contribution in [0.1, 0.15) is 32.6 Å². The van der Waals surface area contributed by atoms with Gasteiger partial charge >= 0.3 is 6.18 Å². The third-order valence-electron chi connectivity index (χ3n) is 3.65. The molecule has 0 aliphatic heterocycles. The van der Waals surface area contributed by atoms with Gasteiger partial charge in [0.2, 0.25) is 5.91 Å². The maximum Gasteiger partial charge on any atom is 0.391 e. The topological polar surface area (TPSA) is 44.1 Å². The molecule has 18 heavy (non-hydrogen) atoms. The molecule has 1 saturated carbocycles. The molecule has 1 fully saturated rings. The molecule has 0 aromatic rings. The zero-order valence-electron chi connectivity index (χ0n) is 10.5. The fraction of sp³-hybridized carbons (Fsp3) is 0.833. The van der Waals surface area contributed by atoms with E-state index in [1.807, 2.05) is 6.07 Å². The summed E-state index contributed by atoms with van der Waals surface area (Å²) in [5.74, 6) is -1.87. The first-order valence-corrected chi connectivity index (χ1v) is 6.00. The van der Waals surface area contributed by atoms with E-state index in [0.29, 0.717) is 0 Å². The maximum atomic E-state index is 12.5. The standard InChI is InChI=1S/C12H17F3N2O/c1-8(7-16)17(2)11(18)9-3-5-10(6-4-9)12(13,14)15/h8-10H,3-6H2,1-2H3. The Balaban J connectivity index is 2.54. The molecule has 1 aliphatic carbocycles. The third kappa shape index (κ3) is 3.37. The van der Waals surface area contributed by atoms with Gasteiger partial charge in [-0.05, 0) is 32.6 Å². The van der Waals surface area contributed by atoms with Crippen LogP contribution in [0.25, 0.3) is 0 Å². The third-order valence-corrected chi connectivity index (χ3v) is 3.65. The van der Waals surface area contributed by atoms with Gasteiger partial charge in [0.25, 0.3) is 0 Å². The molecule has 0 radical (unpaired) electrons. The molecule has 0 aromatic heterocycles. The van der Waals surface area contributed by atoms with Gasteiger partial charge in [0.1, 0.15) is 6.04 Å². The number of nitriles is 1. The normalized spacial score (nSPS) is 26.2. The number of carbonyl (C=O) groups excluding carboxylic acids is 1. The lowest BCUT2D eigenvalue weighted by atomic mass is 9.81. The van der Waals surface area contributed by atoms with Gasteiger partial charge in [-0.15, -0.1) is 0 Å². The first kappa shape index (κ1) is 14.8. The number of alkyl halides is 3. The minimum Gasteiger partial charge on any atom is -0.330 e. The van der Waals surface area contributed by atoms with Crippen molar-refractivity contribution in [3.8, 4) is 6.07 Å². The molecule has 0 heterocycles. The van der Waals surface area contributed by atoms with Crippen LogP contribution in [-0.2, 0) is 4.79 Å². The van der Waals surface area contributed by atoms with Gasteiger partial charge in [0, 0.05) is 13.0 Å². The van der Waals surface area contributed by atoms with E-state index in [9.17, 15) is 18.0 Å². The van der Waals surface area contributed by atoms with Gasteiger partial charge in [-0.2, -0.15) is 18.4 Å². The summed E-state index contributed by atoms with van der Waals surface area (Å²) in [7, 11) is 1.52. The second-order valence-electron chi connectivity index (χ2n) is 4.84. The fourth-order valence-corrected chi connectivity index (χ4v) is 2.23. The van der Waals surface area contributed by atoms with Crippen LogP contribution in [0.2, 0.25) is 0 Å². The van der Waals surface area contributed by atoms with Crippen LogP contribution in [0, 0.1) is 23.2 Å². The number of rotatable bonds is 2. The average molecular weight is 262 g/mol. The Hall–Kier alpha value is -1.25. The molecule has 1 aliphatic rings. The van der Waals surface area contributed by atoms with Crippen molar-refractivity contribution in [3.05, 3.63) is 0 Å². The Labute approximate surface area is 105 Å². The van der Waals surface area contributed by atoms with Crippen molar-refractivity contribution in [2.45, 2.75) is 44.8 Å². The highest BCUT2D eigenvalue weighted by atomic mass is 19.4. The van der Waals surface area contributed by atoms with E-state index in [2.05, 4.69) is 0 Å². The Bertz CT molecular complexity index is 340. The number of nitrogens with zero attached hydrogens (tertiary/aromatic N) is 2. The molecule has 0 saturated heterocycles. The molecule has 1 atom stereocenters. The van der Waals surface area contributed by atoms with Crippen LogP contribution in [-0.4, -0.2) is 30.1 Å². The lowest BCUT2D eigenvalue weighted by molar-refractivity contribution is -0.185. The summed E-state index contributed by atoms with van der Waals surface area (Å²) in [6, 6.07) is 1.40. The highest BCUT2D eigenvalue weighted by Gasteiger charge is 2.42. The van der Waals surface area contributed by atoms with Gasteiger partial charge in [-0.1, -0.05) is 0 Å². The molecule has 102 valence electrons. The van der Waals surface area contributed by atoms with Crippen LogP contribution in [0.4, 0.5) is 13.2 Å².